The number of ketones is 1. The second-order valence-electron chi connectivity index (χ2n) is 2.79. The van der Waals surface area contributed by atoms with Crippen molar-refractivity contribution in [2.45, 2.75) is 6.92 Å². The molecule has 2 rings (SSSR count). The quantitative estimate of drug-likeness (QED) is 0.535. The second-order valence-corrected chi connectivity index (χ2v) is 2.79. The number of hydrogen-bond acceptors (Lipinski definition) is 2. The van der Waals surface area contributed by atoms with Crippen LogP contribution in [-0.2, 0) is 0 Å². The lowest BCUT2D eigenvalue weighted by Crippen LogP contribution is -1.89. The summed E-state index contributed by atoms with van der Waals surface area (Å²) < 4.78 is 12.6. The molecule has 1 N–H and O–H groups in total. The summed E-state index contributed by atoms with van der Waals surface area (Å²) in [6.07, 6.45) is 1.54. The van der Waals surface area contributed by atoms with E-state index in [4.69, 9.17) is 0 Å². The van der Waals surface area contributed by atoms with Crippen molar-refractivity contribution in [3.05, 3.63) is 29.8 Å². The van der Waals surface area contributed by atoms with Gasteiger partial charge in [0, 0.05) is 17.1 Å². The number of rotatable bonds is 1. The average molecular weight is 178 g/mol. The van der Waals surface area contributed by atoms with Gasteiger partial charge in [0.25, 0.3) is 0 Å². The molecule has 2 aromatic heterocycles. The van der Waals surface area contributed by atoms with Gasteiger partial charge in [-0.15, -0.1) is 0 Å². The summed E-state index contributed by atoms with van der Waals surface area (Å²) in [5.74, 6) is -0.607. The predicted octanol–water partition coefficient (Wildman–Crippen LogP) is 1.90. The topological polar surface area (TPSA) is 45.8 Å². The lowest BCUT2D eigenvalue weighted by Gasteiger charge is -1.91. The average Bonchev–Trinajstić information content (AvgIpc) is 2.46. The number of hydrogen-bond donors (Lipinski definition) is 1. The van der Waals surface area contributed by atoms with Crippen molar-refractivity contribution < 1.29 is 9.18 Å². The van der Waals surface area contributed by atoms with Crippen molar-refractivity contribution in [1.29, 1.82) is 0 Å². The third kappa shape index (κ3) is 1.20. The smallest absolute Gasteiger partial charge is 0.214 e. The molecule has 2 aromatic rings. The van der Waals surface area contributed by atoms with Gasteiger partial charge in [-0.3, -0.25) is 4.79 Å². The van der Waals surface area contributed by atoms with Crippen LogP contribution >= 0.6 is 0 Å². The van der Waals surface area contributed by atoms with Crippen LogP contribution < -0.4 is 0 Å². The molecule has 0 saturated carbocycles. The molecule has 0 aliphatic rings. The van der Waals surface area contributed by atoms with E-state index >= 15 is 0 Å². The molecule has 0 aliphatic carbocycles. The fourth-order valence-corrected chi connectivity index (χ4v) is 1.27. The molecule has 0 saturated heterocycles. The number of fused-ring (bicyclic) bond motifs is 1. The van der Waals surface area contributed by atoms with Gasteiger partial charge in [0.2, 0.25) is 5.95 Å². The highest BCUT2D eigenvalue weighted by atomic mass is 19.1. The summed E-state index contributed by atoms with van der Waals surface area (Å²) >= 11 is 0. The summed E-state index contributed by atoms with van der Waals surface area (Å²) in [6, 6.07) is 2.79. The number of H-pyrrole nitrogens is 1. The largest absolute Gasteiger partial charge is 0.345 e. The Bertz CT molecular complexity index is 475. The van der Waals surface area contributed by atoms with Gasteiger partial charge in [0.05, 0.1) is 0 Å². The van der Waals surface area contributed by atoms with Gasteiger partial charge < -0.3 is 4.98 Å². The van der Waals surface area contributed by atoms with Crippen molar-refractivity contribution in [2.75, 3.05) is 0 Å². The lowest BCUT2D eigenvalue weighted by atomic mass is 10.1. The number of carbonyl (C=O) groups excluding carboxylic acids is 1. The summed E-state index contributed by atoms with van der Waals surface area (Å²) in [4.78, 5) is 17.4. The first-order valence-electron chi connectivity index (χ1n) is 3.83. The van der Waals surface area contributed by atoms with Crippen LogP contribution in [0.3, 0.4) is 0 Å². The normalized spacial score (nSPS) is 10.6. The molecule has 66 valence electrons. The number of pyridine rings is 1. The van der Waals surface area contributed by atoms with Gasteiger partial charge in [-0.1, -0.05) is 0 Å². The first-order valence-corrected chi connectivity index (χ1v) is 3.83. The molecule has 0 amide bonds. The molecule has 0 radical (unpaired) electrons. The van der Waals surface area contributed by atoms with Gasteiger partial charge in [0.15, 0.2) is 5.78 Å². The molecule has 0 atom stereocenters. The third-order valence-electron chi connectivity index (χ3n) is 1.88. The standard InChI is InChI=1S/C9H7FN2O/c1-5(13)7-4-11-9-6(7)2-3-8(10)12-9/h2-4H,1H3,(H,11,12). The second kappa shape index (κ2) is 2.65. The number of nitrogens with zero attached hydrogens (tertiary/aromatic N) is 1. The van der Waals surface area contributed by atoms with Crippen LogP contribution in [0.4, 0.5) is 4.39 Å². The number of carbonyl (C=O) groups is 1. The Labute approximate surface area is 73.6 Å². The van der Waals surface area contributed by atoms with Crippen molar-refractivity contribution in [1.82, 2.24) is 9.97 Å². The number of halogens is 1. The van der Waals surface area contributed by atoms with Crippen molar-refractivity contribution in [3.63, 3.8) is 0 Å². The van der Waals surface area contributed by atoms with E-state index in [0.29, 0.717) is 16.6 Å². The van der Waals surface area contributed by atoms with Gasteiger partial charge in [-0.25, -0.2) is 4.98 Å². The number of Topliss-reactive ketones (excluding diaryl/α,β-unsaturated/α-hetero) is 1. The molecule has 2 heterocycles. The van der Waals surface area contributed by atoms with E-state index in [-0.39, 0.29) is 5.78 Å². The minimum Gasteiger partial charge on any atom is -0.345 e. The number of nitrogens with one attached hydrogen (secondary N) is 1. The van der Waals surface area contributed by atoms with Crippen LogP contribution in [0, 0.1) is 5.95 Å². The van der Waals surface area contributed by atoms with E-state index in [1.807, 2.05) is 0 Å². The Balaban J connectivity index is 2.76. The Morgan fingerprint density at radius 2 is 2.31 bits per heavy atom. The highest BCUT2D eigenvalue weighted by Crippen LogP contribution is 2.16. The zero-order valence-electron chi connectivity index (χ0n) is 6.97. The minimum atomic E-state index is -0.551. The van der Waals surface area contributed by atoms with E-state index in [0.717, 1.165) is 0 Å². The fourth-order valence-electron chi connectivity index (χ4n) is 1.27. The van der Waals surface area contributed by atoms with E-state index in [9.17, 15) is 9.18 Å². The minimum absolute atomic E-state index is 0.0559. The van der Waals surface area contributed by atoms with Crippen molar-refractivity contribution >= 4 is 16.8 Å². The predicted molar refractivity (Wildman–Crippen MR) is 46.1 cm³/mol. The Morgan fingerprint density at radius 3 is 3.00 bits per heavy atom. The fraction of sp³-hybridized carbons (Fsp3) is 0.111. The first-order chi connectivity index (χ1) is 6.18. The summed E-state index contributed by atoms with van der Waals surface area (Å²) in [5, 5.41) is 0.661. The first kappa shape index (κ1) is 7.91. The highest BCUT2D eigenvalue weighted by Gasteiger charge is 2.08. The lowest BCUT2D eigenvalue weighted by molar-refractivity contribution is 0.101. The Kier molecular flexibility index (Phi) is 1.62. The SMILES string of the molecule is CC(=O)c1c[nH]c2nc(F)ccc12. The van der Waals surface area contributed by atoms with E-state index < -0.39 is 5.95 Å². The molecule has 0 aliphatic heterocycles. The van der Waals surface area contributed by atoms with Crippen LogP contribution in [0.5, 0.6) is 0 Å². The monoisotopic (exact) mass is 178 g/mol. The number of aromatic amines is 1. The summed E-state index contributed by atoms with van der Waals surface area (Å²) in [6.45, 7) is 1.46. The Hall–Kier alpha value is -1.71. The molecule has 0 bridgehead atoms. The van der Waals surface area contributed by atoms with Crippen LogP contribution in [0.25, 0.3) is 11.0 Å². The number of aromatic nitrogens is 2. The highest BCUT2D eigenvalue weighted by molar-refractivity contribution is 6.05. The van der Waals surface area contributed by atoms with Gasteiger partial charge >= 0.3 is 0 Å². The zero-order valence-corrected chi connectivity index (χ0v) is 6.97. The van der Waals surface area contributed by atoms with E-state index in [2.05, 4.69) is 9.97 Å². The van der Waals surface area contributed by atoms with Crippen molar-refractivity contribution in [2.24, 2.45) is 0 Å². The van der Waals surface area contributed by atoms with Crippen LogP contribution in [-0.4, -0.2) is 15.8 Å². The van der Waals surface area contributed by atoms with Crippen LogP contribution in [0.2, 0.25) is 0 Å². The molecule has 0 spiro atoms. The maximum atomic E-state index is 12.6. The summed E-state index contributed by atoms with van der Waals surface area (Å²) in [5.41, 5.74) is 0.952. The molecule has 4 heteroatoms. The molecule has 3 nitrogen and oxygen atoms in total. The summed E-state index contributed by atoms with van der Waals surface area (Å²) in [7, 11) is 0. The molecule has 0 aromatic carbocycles. The van der Waals surface area contributed by atoms with Gasteiger partial charge in [-0.2, -0.15) is 4.39 Å². The molecular weight excluding hydrogens is 171 g/mol. The van der Waals surface area contributed by atoms with E-state index in [1.54, 1.807) is 12.3 Å². The molecule has 13 heavy (non-hydrogen) atoms. The Morgan fingerprint density at radius 1 is 1.54 bits per heavy atom. The van der Waals surface area contributed by atoms with Crippen molar-refractivity contribution in [3.8, 4) is 0 Å². The molecular formula is C9H7FN2O. The molecule has 0 fully saturated rings. The third-order valence-corrected chi connectivity index (χ3v) is 1.88. The van der Waals surface area contributed by atoms with Crippen LogP contribution in [0.15, 0.2) is 18.3 Å². The zero-order chi connectivity index (χ0) is 9.42. The van der Waals surface area contributed by atoms with Crippen LogP contribution in [0.1, 0.15) is 17.3 Å². The molecule has 0 unspecified atom stereocenters. The maximum absolute atomic E-state index is 12.6. The maximum Gasteiger partial charge on any atom is 0.214 e. The van der Waals surface area contributed by atoms with Gasteiger partial charge in [-0.05, 0) is 19.1 Å². The van der Waals surface area contributed by atoms with Gasteiger partial charge in [0.1, 0.15) is 5.65 Å². The van der Waals surface area contributed by atoms with E-state index in [1.165, 1.54) is 13.0 Å².